The first-order chi connectivity index (χ1) is 12.9. The SMILES string of the molecule is c1ccc(-c2cccc3c2oc2c3ccc3c4ccccc4sc32)nc1. The van der Waals surface area contributed by atoms with E-state index < -0.39 is 0 Å². The van der Waals surface area contributed by atoms with E-state index in [-0.39, 0.29) is 0 Å². The summed E-state index contributed by atoms with van der Waals surface area (Å²) in [5, 5.41) is 4.86. The molecular formula is C23H13NOS. The Morgan fingerprint density at radius 3 is 2.38 bits per heavy atom. The molecule has 0 bridgehead atoms. The monoisotopic (exact) mass is 351 g/mol. The molecule has 0 aliphatic carbocycles. The van der Waals surface area contributed by atoms with E-state index in [1.54, 1.807) is 11.3 Å². The zero-order valence-electron chi connectivity index (χ0n) is 13.8. The molecule has 0 aliphatic heterocycles. The predicted molar refractivity (Wildman–Crippen MR) is 110 cm³/mol. The lowest BCUT2D eigenvalue weighted by atomic mass is 10.1. The molecule has 3 aromatic heterocycles. The summed E-state index contributed by atoms with van der Waals surface area (Å²) >= 11 is 1.80. The summed E-state index contributed by atoms with van der Waals surface area (Å²) in [6.07, 6.45) is 1.82. The van der Waals surface area contributed by atoms with Crippen LogP contribution in [0.25, 0.3) is 53.4 Å². The van der Waals surface area contributed by atoms with Crippen molar-refractivity contribution in [2.24, 2.45) is 0 Å². The van der Waals surface area contributed by atoms with Gasteiger partial charge in [-0.1, -0.05) is 42.5 Å². The second-order valence-electron chi connectivity index (χ2n) is 6.42. The summed E-state index contributed by atoms with van der Waals surface area (Å²) < 4.78 is 8.96. The van der Waals surface area contributed by atoms with E-state index in [2.05, 4.69) is 59.6 Å². The average Bonchev–Trinajstić information content (AvgIpc) is 3.27. The lowest BCUT2D eigenvalue weighted by Crippen LogP contribution is -1.81. The molecule has 0 saturated heterocycles. The molecule has 0 unspecified atom stereocenters. The summed E-state index contributed by atoms with van der Waals surface area (Å²) in [6, 6.07) is 25.2. The number of fused-ring (bicyclic) bond motifs is 7. The van der Waals surface area contributed by atoms with Crippen LogP contribution in [0.2, 0.25) is 0 Å². The Morgan fingerprint density at radius 1 is 0.654 bits per heavy atom. The maximum atomic E-state index is 6.45. The highest BCUT2D eigenvalue weighted by Gasteiger charge is 2.16. The number of nitrogens with zero attached hydrogens (tertiary/aromatic N) is 1. The molecule has 0 fully saturated rings. The highest BCUT2D eigenvalue weighted by Crippen LogP contribution is 2.43. The Morgan fingerprint density at radius 2 is 1.46 bits per heavy atom. The van der Waals surface area contributed by atoms with Crippen LogP contribution in [0.1, 0.15) is 0 Å². The normalized spacial score (nSPS) is 11.8. The summed E-state index contributed by atoms with van der Waals surface area (Å²) in [6.45, 7) is 0. The smallest absolute Gasteiger partial charge is 0.153 e. The first-order valence-corrected chi connectivity index (χ1v) is 9.39. The van der Waals surface area contributed by atoms with E-state index in [1.807, 2.05) is 24.4 Å². The molecule has 0 amide bonds. The predicted octanol–water partition coefficient (Wildman–Crippen LogP) is 7.02. The van der Waals surface area contributed by atoms with E-state index in [4.69, 9.17) is 4.42 Å². The fourth-order valence-corrected chi connectivity index (χ4v) is 4.95. The first kappa shape index (κ1) is 14.0. The quantitative estimate of drug-likeness (QED) is 0.318. The van der Waals surface area contributed by atoms with Crippen molar-refractivity contribution < 1.29 is 4.42 Å². The molecule has 26 heavy (non-hydrogen) atoms. The molecule has 6 aromatic rings. The van der Waals surface area contributed by atoms with Crippen LogP contribution in [-0.4, -0.2) is 4.98 Å². The van der Waals surface area contributed by atoms with Crippen LogP contribution in [0.3, 0.4) is 0 Å². The molecule has 3 heteroatoms. The molecular weight excluding hydrogens is 338 g/mol. The second kappa shape index (κ2) is 5.16. The number of para-hydroxylation sites is 1. The van der Waals surface area contributed by atoms with Crippen molar-refractivity contribution in [3.8, 4) is 11.3 Å². The van der Waals surface area contributed by atoms with Gasteiger partial charge in [-0.3, -0.25) is 4.98 Å². The van der Waals surface area contributed by atoms with E-state index in [9.17, 15) is 0 Å². The van der Waals surface area contributed by atoms with Crippen molar-refractivity contribution in [3.63, 3.8) is 0 Å². The van der Waals surface area contributed by atoms with Gasteiger partial charge < -0.3 is 4.42 Å². The molecule has 0 atom stereocenters. The van der Waals surface area contributed by atoms with Gasteiger partial charge in [-0.25, -0.2) is 0 Å². The van der Waals surface area contributed by atoms with Crippen LogP contribution in [0.5, 0.6) is 0 Å². The standard InChI is InChI=1S/C23H13NOS/c1-2-10-20-14(6-1)17-12-11-16-15-7-5-8-18(19-9-3-4-13-24-19)21(15)25-22(16)23(17)26-20/h1-13H. The minimum absolute atomic E-state index is 0.908. The summed E-state index contributed by atoms with van der Waals surface area (Å²) in [5.74, 6) is 0. The Balaban J connectivity index is 1.78. The number of hydrogen-bond donors (Lipinski definition) is 0. The number of hydrogen-bond acceptors (Lipinski definition) is 3. The van der Waals surface area contributed by atoms with Crippen LogP contribution in [-0.2, 0) is 0 Å². The lowest BCUT2D eigenvalue weighted by molar-refractivity contribution is 0.674. The van der Waals surface area contributed by atoms with Gasteiger partial charge in [0.15, 0.2) is 5.58 Å². The molecule has 122 valence electrons. The largest absolute Gasteiger partial charge is 0.454 e. The van der Waals surface area contributed by atoms with Crippen molar-refractivity contribution in [3.05, 3.63) is 79.0 Å². The van der Waals surface area contributed by atoms with Gasteiger partial charge in [0.1, 0.15) is 5.58 Å². The highest BCUT2D eigenvalue weighted by molar-refractivity contribution is 7.26. The fraction of sp³-hybridized carbons (Fsp3) is 0. The van der Waals surface area contributed by atoms with Gasteiger partial charge in [0.2, 0.25) is 0 Å². The van der Waals surface area contributed by atoms with Gasteiger partial charge >= 0.3 is 0 Å². The molecule has 0 saturated carbocycles. The van der Waals surface area contributed by atoms with Crippen LogP contribution >= 0.6 is 11.3 Å². The van der Waals surface area contributed by atoms with E-state index in [0.717, 1.165) is 33.2 Å². The minimum Gasteiger partial charge on any atom is -0.454 e. The van der Waals surface area contributed by atoms with Crippen LogP contribution in [0, 0.1) is 0 Å². The Bertz CT molecular complexity index is 1430. The number of furan rings is 1. The molecule has 0 N–H and O–H groups in total. The van der Waals surface area contributed by atoms with Gasteiger partial charge in [0.25, 0.3) is 0 Å². The molecule has 0 radical (unpaired) electrons. The van der Waals surface area contributed by atoms with Gasteiger partial charge in [-0.2, -0.15) is 0 Å². The summed E-state index contributed by atoms with van der Waals surface area (Å²) in [7, 11) is 0. The van der Waals surface area contributed by atoms with Crippen molar-refractivity contribution >= 4 is 53.4 Å². The van der Waals surface area contributed by atoms with Crippen LogP contribution in [0.4, 0.5) is 0 Å². The third-order valence-corrected chi connectivity index (χ3v) is 6.14. The summed E-state index contributed by atoms with van der Waals surface area (Å²) in [5.41, 5.74) is 3.85. The minimum atomic E-state index is 0.908. The van der Waals surface area contributed by atoms with Gasteiger partial charge in [0.05, 0.1) is 10.4 Å². The Hall–Kier alpha value is -3.17. The van der Waals surface area contributed by atoms with E-state index in [0.29, 0.717) is 0 Å². The fourth-order valence-electron chi connectivity index (χ4n) is 3.76. The van der Waals surface area contributed by atoms with Crippen molar-refractivity contribution in [1.29, 1.82) is 0 Å². The molecule has 3 aromatic carbocycles. The van der Waals surface area contributed by atoms with E-state index in [1.165, 1.54) is 20.2 Å². The highest BCUT2D eigenvalue weighted by atomic mass is 32.1. The van der Waals surface area contributed by atoms with Crippen LogP contribution in [0.15, 0.2) is 83.4 Å². The van der Waals surface area contributed by atoms with Crippen LogP contribution < -0.4 is 0 Å². The topological polar surface area (TPSA) is 26.0 Å². The number of rotatable bonds is 1. The lowest BCUT2D eigenvalue weighted by Gasteiger charge is -2.00. The third-order valence-electron chi connectivity index (χ3n) is 4.95. The Labute approximate surface area is 153 Å². The number of thiophene rings is 1. The van der Waals surface area contributed by atoms with E-state index >= 15 is 0 Å². The molecule has 0 spiro atoms. The zero-order valence-corrected chi connectivity index (χ0v) is 14.6. The molecule has 6 rings (SSSR count). The number of aromatic nitrogens is 1. The van der Waals surface area contributed by atoms with Gasteiger partial charge in [-0.15, -0.1) is 11.3 Å². The maximum Gasteiger partial charge on any atom is 0.153 e. The van der Waals surface area contributed by atoms with Crippen molar-refractivity contribution in [2.45, 2.75) is 0 Å². The van der Waals surface area contributed by atoms with Crippen molar-refractivity contribution in [2.75, 3.05) is 0 Å². The molecule has 0 aliphatic rings. The average molecular weight is 351 g/mol. The third kappa shape index (κ3) is 1.83. The number of benzene rings is 3. The van der Waals surface area contributed by atoms with Crippen molar-refractivity contribution in [1.82, 2.24) is 4.98 Å². The first-order valence-electron chi connectivity index (χ1n) is 8.57. The second-order valence-corrected chi connectivity index (χ2v) is 7.47. The Kier molecular flexibility index (Phi) is 2.79. The molecule has 2 nitrogen and oxygen atoms in total. The number of pyridine rings is 1. The zero-order chi connectivity index (χ0) is 17.1. The molecule has 3 heterocycles. The van der Waals surface area contributed by atoms with Gasteiger partial charge in [-0.05, 0) is 30.3 Å². The summed E-state index contributed by atoms with van der Waals surface area (Å²) in [4.78, 5) is 4.51. The van der Waals surface area contributed by atoms with Gasteiger partial charge in [0, 0.05) is 38.0 Å². The maximum absolute atomic E-state index is 6.45.